The number of aromatic amines is 1. The van der Waals surface area contributed by atoms with Crippen LogP contribution in [0.4, 0.5) is 0 Å². The molecule has 54 valence electrons. The Morgan fingerprint density at radius 2 is 2.70 bits per heavy atom. The van der Waals surface area contributed by atoms with E-state index in [-0.39, 0.29) is 0 Å². The third kappa shape index (κ3) is 1.93. The zero-order valence-corrected chi connectivity index (χ0v) is 5.87. The van der Waals surface area contributed by atoms with E-state index in [4.69, 9.17) is 4.84 Å². The highest BCUT2D eigenvalue weighted by atomic mass is 16.6. The fraction of sp³-hybridized carbons (Fsp3) is 0.286. The van der Waals surface area contributed by atoms with Gasteiger partial charge in [-0.05, 0) is 13.0 Å². The molecule has 3 heteroatoms. The Bertz CT molecular complexity index is 191. The smallest absolute Gasteiger partial charge is 0.114 e. The summed E-state index contributed by atoms with van der Waals surface area (Å²) < 4.78 is 0. The molecule has 0 fully saturated rings. The Labute approximate surface area is 59.7 Å². The van der Waals surface area contributed by atoms with Crippen LogP contribution in [0.1, 0.15) is 12.5 Å². The minimum atomic E-state index is 0.612. The maximum atomic E-state index is 4.76. The van der Waals surface area contributed by atoms with Crippen molar-refractivity contribution in [2.45, 2.75) is 6.92 Å². The molecule has 1 N–H and O–H groups in total. The largest absolute Gasteiger partial charge is 0.396 e. The molecule has 0 aliphatic rings. The zero-order chi connectivity index (χ0) is 7.23. The van der Waals surface area contributed by atoms with E-state index in [0.717, 1.165) is 5.56 Å². The van der Waals surface area contributed by atoms with Crippen LogP contribution in [0.3, 0.4) is 0 Å². The molecule has 3 nitrogen and oxygen atoms in total. The van der Waals surface area contributed by atoms with Crippen LogP contribution in [-0.4, -0.2) is 17.8 Å². The molecule has 0 unspecified atom stereocenters. The molecule has 0 aliphatic carbocycles. The molecule has 0 bridgehead atoms. The van der Waals surface area contributed by atoms with Gasteiger partial charge in [0.15, 0.2) is 0 Å². The van der Waals surface area contributed by atoms with Crippen molar-refractivity contribution in [3.8, 4) is 0 Å². The van der Waals surface area contributed by atoms with E-state index in [9.17, 15) is 0 Å². The van der Waals surface area contributed by atoms with Crippen molar-refractivity contribution < 1.29 is 4.84 Å². The Hall–Kier alpha value is -1.25. The van der Waals surface area contributed by atoms with Crippen LogP contribution in [-0.2, 0) is 4.84 Å². The highest BCUT2D eigenvalue weighted by Gasteiger charge is 1.83. The van der Waals surface area contributed by atoms with E-state index in [0.29, 0.717) is 6.61 Å². The Morgan fingerprint density at radius 3 is 3.30 bits per heavy atom. The monoisotopic (exact) mass is 138 g/mol. The molecule has 1 heterocycles. The van der Waals surface area contributed by atoms with Gasteiger partial charge in [0.2, 0.25) is 0 Å². The molecule has 0 saturated carbocycles. The third-order valence-corrected chi connectivity index (χ3v) is 1.03. The van der Waals surface area contributed by atoms with Gasteiger partial charge in [-0.2, -0.15) is 0 Å². The van der Waals surface area contributed by atoms with Gasteiger partial charge in [-0.3, -0.25) is 0 Å². The molecule has 0 aromatic carbocycles. The summed E-state index contributed by atoms with van der Waals surface area (Å²) in [5.41, 5.74) is 1.02. The number of hydrogen-bond donors (Lipinski definition) is 1. The predicted molar refractivity (Wildman–Crippen MR) is 40.0 cm³/mol. The van der Waals surface area contributed by atoms with Gasteiger partial charge in [0.05, 0.1) is 6.21 Å². The molecular formula is C7H10N2O. The first-order chi connectivity index (χ1) is 4.93. The lowest BCUT2D eigenvalue weighted by Gasteiger charge is -1.87. The van der Waals surface area contributed by atoms with Crippen molar-refractivity contribution >= 4 is 6.21 Å². The van der Waals surface area contributed by atoms with Crippen molar-refractivity contribution in [2.75, 3.05) is 6.61 Å². The SMILES string of the molecule is CCO/N=C/c1cc[nH]c1. The molecule has 1 aromatic heterocycles. The molecule has 1 aromatic rings. The maximum absolute atomic E-state index is 4.76. The molecule has 0 spiro atoms. The summed E-state index contributed by atoms with van der Waals surface area (Å²) in [7, 11) is 0. The Balaban J connectivity index is 2.40. The van der Waals surface area contributed by atoms with Crippen molar-refractivity contribution in [2.24, 2.45) is 5.16 Å². The number of aromatic nitrogens is 1. The Morgan fingerprint density at radius 1 is 1.80 bits per heavy atom. The second kappa shape index (κ2) is 3.71. The van der Waals surface area contributed by atoms with Crippen LogP contribution in [0, 0.1) is 0 Å². The van der Waals surface area contributed by atoms with Crippen molar-refractivity contribution in [1.82, 2.24) is 4.98 Å². The second-order valence-electron chi connectivity index (χ2n) is 1.80. The number of nitrogens with zero attached hydrogens (tertiary/aromatic N) is 1. The molecule has 10 heavy (non-hydrogen) atoms. The van der Waals surface area contributed by atoms with Crippen molar-refractivity contribution in [3.63, 3.8) is 0 Å². The number of oxime groups is 1. The summed E-state index contributed by atoms with van der Waals surface area (Å²) >= 11 is 0. The van der Waals surface area contributed by atoms with E-state index >= 15 is 0 Å². The lowest BCUT2D eigenvalue weighted by Crippen LogP contribution is -1.80. The summed E-state index contributed by atoms with van der Waals surface area (Å²) in [4.78, 5) is 7.67. The number of nitrogens with one attached hydrogen (secondary N) is 1. The van der Waals surface area contributed by atoms with Crippen LogP contribution in [0.5, 0.6) is 0 Å². The third-order valence-electron chi connectivity index (χ3n) is 1.03. The molecule has 1 rings (SSSR count). The Kier molecular flexibility index (Phi) is 2.55. The number of H-pyrrole nitrogens is 1. The van der Waals surface area contributed by atoms with Gasteiger partial charge >= 0.3 is 0 Å². The lowest BCUT2D eigenvalue weighted by atomic mass is 10.4. The highest BCUT2D eigenvalue weighted by Crippen LogP contribution is 1.90. The fourth-order valence-corrected chi connectivity index (χ4v) is 0.590. The van der Waals surface area contributed by atoms with Crippen LogP contribution in [0.15, 0.2) is 23.6 Å². The van der Waals surface area contributed by atoms with Gasteiger partial charge in [0, 0.05) is 18.0 Å². The summed E-state index contributed by atoms with van der Waals surface area (Å²) in [5, 5.41) is 3.69. The first-order valence-corrected chi connectivity index (χ1v) is 3.21. The zero-order valence-electron chi connectivity index (χ0n) is 5.87. The molecule has 0 aliphatic heterocycles. The summed E-state index contributed by atoms with van der Waals surface area (Å²) in [6, 6.07) is 1.92. The first kappa shape index (κ1) is 6.86. The lowest BCUT2D eigenvalue weighted by molar-refractivity contribution is 0.160. The van der Waals surface area contributed by atoms with Gasteiger partial charge in [-0.15, -0.1) is 0 Å². The quantitative estimate of drug-likeness (QED) is 0.497. The standard InChI is InChI=1S/C7H10N2O/c1-2-10-9-6-7-3-4-8-5-7/h3-6,8H,2H2,1H3/b9-6+. The topological polar surface area (TPSA) is 37.4 Å². The van der Waals surface area contributed by atoms with E-state index in [1.165, 1.54) is 0 Å². The van der Waals surface area contributed by atoms with Gasteiger partial charge in [0.1, 0.15) is 6.61 Å². The number of hydrogen-bond acceptors (Lipinski definition) is 2. The molecule has 0 amide bonds. The van der Waals surface area contributed by atoms with Crippen LogP contribution < -0.4 is 0 Å². The van der Waals surface area contributed by atoms with Gasteiger partial charge in [0.25, 0.3) is 0 Å². The van der Waals surface area contributed by atoms with Crippen LogP contribution >= 0.6 is 0 Å². The van der Waals surface area contributed by atoms with Crippen molar-refractivity contribution in [1.29, 1.82) is 0 Å². The van der Waals surface area contributed by atoms with E-state index in [1.807, 2.05) is 25.4 Å². The average molecular weight is 138 g/mol. The van der Waals surface area contributed by atoms with Gasteiger partial charge < -0.3 is 9.82 Å². The minimum absolute atomic E-state index is 0.612. The maximum Gasteiger partial charge on any atom is 0.114 e. The highest BCUT2D eigenvalue weighted by molar-refractivity contribution is 5.78. The van der Waals surface area contributed by atoms with Crippen LogP contribution in [0.25, 0.3) is 0 Å². The first-order valence-electron chi connectivity index (χ1n) is 3.21. The summed E-state index contributed by atoms with van der Waals surface area (Å²) in [5.74, 6) is 0. The number of rotatable bonds is 3. The molecular weight excluding hydrogens is 128 g/mol. The molecule has 0 atom stereocenters. The minimum Gasteiger partial charge on any atom is -0.396 e. The van der Waals surface area contributed by atoms with E-state index in [2.05, 4.69) is 10.1 Å². The van der Waals surface area contributed by atoms with Crippen LogP contribution in [0.2, 0.25) is 0 Å². The normalized spacial score (nSPS) is 10.5. The van der Waals surface area contributed by atoms with Crippen molar-refractivity contribution in [3.05, 3.63) is 24.0 Å². The van der Waals surface area contributed by atoms with Gasteiger partial charge in [-0.1, -0.05) is 5.16 Å². The van der Waals surface area contributed by atoms with Gasteiger partial charge in [-0.25, -0.2) is 0 Å². The fourth-order valence-electron chi connectivity index (χ4n) is 0.590. The molecule has 0 saturated heterocycles. The summed E-state index contributed by atoms with van der Waals surface area (Å²) in [6.07, 6.45) is 5.36. The second-order valence-corrected chi connectivity index (χ2v) is 1.80. The molecule has 0 radical (unpaired) electrons. The van der Waals surface area contributed by atoms with E-state index < -0.39 is 0 Å². The predicted octanol–water partition coefficient (Wildman–Crippen LogP) is 1.39. The summed E-state index contributed by atoms with van der Waals surface area (Å²) in [6.45, 7) is 2.51. The van der Waals surface area contributed by atoms with E-state index in [1.54, 1.807) is 6.21 Å². The average Bonchev–Trinajstić information content (AvgIpc) is 2.41.